The second-order valence-electron chi connectivity index (χ2n) is 5.49. The van der Waals surface area contributed by atoms with Gasteiger partial charge in [0.05, 0.1) is 5.60 Å². The summed E-state index contributed by atoms with van der Waals surface area (Å²) in [4.78, 5) is 10.6. The van der Waals surface area contributed by atoms with Gasteiger partial charge in [0.1, 0.15) is 11.3 Å². The van der Waals surface area contributed by atoms with E-state index >= 15 is 0 Å². The van der Waals surface area contributed by atoms with Crippen LogP contribution in [0.5, 0.6) is 0 Å². The van der Waals surface area contributed by atoms with E-state index in [4.69, 9.17) is 11.6 Å². The highest BCUT2D eigenvalue weighted by molar-refractivity contribution is 6.35. The zero-order valence-electron chi connectivity index (χ0n) is 10.9. The number of nitrogens with one attached hydrogen (secondary N) is 1. The van der Waals surface area contributed by atoms with Gasteiger partial charge in [0, 0.05) is 19.6 Å². The maximum Gasteiger partial charge on any atom is 0.153 e. The minimum Gasteiger partial charge on any atom is -0.388 e. The van der Waals surface area contributed by atoms with E-state index < -0.39 is 5.60 Å². The van der Waals surface area contributed by atoms with E-state index in [1.807, 2.05) is 0 Å². The number of hydrogen-bond donors (Lipinski definition) is 2. The van der Waals surface area contributed by atoms with Crippen molar-refractivity contribution < 1.29 is 5.11 Å². The topological polar surface area (TPSA) is 61.3 Å². The quantitative estimate of drug-likeness (QED) is 0.885. The smallest absolute Gasteiger partial charge is 0.153 e. The average molecular weight is 283 g/mol. The van der Waals surface area contributed by atoms with E-state index in [9.17, 15) is 5.11 Å². The van der Waals surface area contributed by atoms with Gasteiger partial charge in [0.15, 0.2) is 11.6 Å². The molecule has 2 N–H and O–H groups in total. The van der Waals surface area contributed by atoms with Gasteiger partial charge in [-0.2, -0.15) is 0 Å². The molecular weight excluding hydrogens is 264 g/mol. The Balaban J connectivity index is 1.72. The van der Waals surface area contributed by atoms with Crippen LogP contribution in [0.3, 0.4) is 0 Å². The fourth-order valence-electron chi connectivity index (χ4n) is 2.64. The standard InChI is InChI=1S/C13H19ClN4O/c14-10-11(15-8-13(19)4-3-5-13)16-9-17-12(10)18-6-1-2-7-18/h9,19H,1-8H2,(H,15,16,17). The van der Waals surface area contributed by atoms with Crippen LogP contribution in [0.4, 0.5) is 11.6 Å². The highest BCUT2D eigenvalue weighted by atomic mass is 35.5. The van der Waals surface area contributed by atoms with E-state index in [0.29, 0.717) is 17.4 Å². The van der Waals surface area contributed by atoms with Crippen molar-refractivity contribution in [1.29, 1.82) is 0 Å². The van der Waals surface area contributed by atoms with Crippen molar-refractivity contribution in [3.05, 3.63) is 11.3 Å². The second kappa shape index (κ2) is 5.13. The van der Waals surface area contributed by atoms with Crippen LogP contribution in [-0.2, 0) is 0 Å². The second-order valence-corrected chi connectivity index (χ2v) is 5.86. The van der Waals surface area contributed by atoms with E-state index in [1.54, 1.807) is 0 Å². The molecule has 0 unspecified atom stereocenters. The van der Waals surface area contributed by atoms with Crippen LogP contribution in [0.25, 0.3) is 0 Å². The molecule has 104 valence electrons. The number of halogens is 1. The molecule has 0 atom stereocenters. The molecule has 1 aromatic rings. The first-order chi connectivity index (χ1) is 9.18. The zero-order valence-corrected chi connectivity index (χ0v) is 11.7. The summed E-state index contributed by atoms with van der Waals surface area (Å²) in [6, 6.07) is 0. The Hall–Kier alpha value is -1.07. The number of aromatic nitrogens is 2. The molecule has 2 fully saturated rings. The Kier molecular flexibility index (Phi) is 3.50. The summed E-state index contributed by atoms with van der Waals surface area (Å²) in [6.07, 6.45) is 6.69. The lowest BCUT2D eigenvalue weighted by Crippen LogP contribution is -2.43. The number of nitrogens with zero attached hydrogens (tertiary/aromatic N) is 3. The molecule has 1 aliphatic carbocycles. The largest absolute Gasteiger partial charge is 0.388 e. The van der Waals surface area contributed by atoms with Gasteiger partial charge in [-0.25, -0.2) is 9.97 Å². The van der Waals surface area contributed by atoms with Crippen LogP contribution in [0.1, 0.15) is 32.1 Å². The van der Waals surface area contributed by atoms with Crippen LogP contribution < -0.4 is 10.2 Å². The fraction of sp³-hybridized carbons (Fsp3) is 0.692. The van der Waals surface area contributed by atoms with Crippen molar-refractivity contribution in [3.63, 3.8) is 0 Å². The maximum atomic E-state index is 10.1. The lowest BCUT2D eigenvalue weighted by molar-refractivity contribution is -0.0202. The molecular formula is C13H19ClN4O. The molecule has 2 aliphatic rings. The molecule has 1 saturated heterocycles. The maximum absolute atomic E-state index is 10.1. The summed E-state index contributed by atoms with van der Waals surface area (Å²) in [5.74, 6) is 1.43. The van der Waals surface area contributed by atoms with Crippen molar-refractivity contribution in [3.8, 4) is 0 Å². The first-order valence-corrected chi connectivity index (χ1v) is 7.27. The first-order valence-electron chi connectivity index (χ1n) is 6.90. The van der Waals surface area contributed by atoms with Crippen molar-refractivity contribution in [1.82, 2.24) is 9.97 Å². The van der Waals surface area contributed by atoms with Gasteiger partial charge in [-0.3, -0.25) is 0 Å². The summed E-state index contributed by atoms with van der Waals surface area (Å²) in [7, 11) is 0. The van der Waals surface area contributed by atoms with Crippen LogP contribution >= 0.6 is 11.6 Å². The number of hydrogen-bond acceptors (Lipinski definition) is 5. The Morgan fingerprint density at radius 3 is 2.63 bits per heavy atom. The zero-order chi connectivity index (χ0) is 13.3. The Labute approximate surface area is 118 Å². The van der Waals surface area contributed by atoms with Crippen LogP contribution in [0, 0.1) is 0 Å². The van der Waals surface area contributed by atoms with Gasteiger partial charge in [0.25, 0.3) is 0 Å². The summed E-state index contributed by atoms with van der Waals surface area (Å²) >= 11 is 6.37. The minimum atomic E-state index is -0.581. The normalized spacial score (nSPS) is 21.3. The van der Waals surface area contributed by atoms with Crippen molar-refractivity contribution >= 4 is 23.2 Å². The van der Waals surface area contributed by atoms with E-state index in [1.165, 1.54) is 19.2 Å². The average Bonchev–Trinajstić information content (AvgIpc) is 2.89. The van der Waals surface area contributed by atoms with Crippen LogP contribution in [0.2, 0.25) is 5.02 Å². The van der Waals surface area contributed by atoms with Gasteiger partial charge in [-0.15, -0.1) is 0 Å². The third-order valence-electron chi connectivity index (χ3n) is 4.05. The number of rotatable bonds is 4. The Morgan fingerprint density at radius 1 is 1.26 bits per heavy atom. The highest BCUT2D eigenvalue weighted by Gasteiger charge is 2.34. The Morgan fingerprint density at radius 2 is 2.00 bits per heavy atom. The number of aliphatic hydroxyl groups is 1. The monoisotopic (exact) mass is 282 g/mol. The molecule has 0 aromatic carbocycles. The molecule has 19 heavy (non-hydrogen) atoms. The SMILES string of the molecule is OC1(CNc2ncnc(N3CCCC3)c2Cl)CCC1. The molecule has 0 bridgehead atoms. The summed E-state index contributed by atoms with van der Waals surface area (Å²) in [6.45, 7) is 2.50. The molecule has 1 aliphatic heterocycles. The minimum absolute atomic E-state index is 0.503. The van der Waals surface area contributed by atoms with Crippen LogP contribution in [0.15, 0.2) is 6.33 Å². The molecule has 0 radical (unpaired) electrons. The predicted molar refractivity (Wildman–Crippen MR) is 75.8 cm³/mol. The lowest BCUT2D eigenvalue weighted by Gasteiger charge is -2.36. The first kappa shape index (κ1) is 12.9. The third kappa shape index (κ3) is 2.62. The van der Waals surface area contributed by atoms with E-state index in [2.05, 4.69) is 20.2 Å². The van der Waals surface area contributed by atoms with Crippen molar-refractivity contribution in [2.75, 3.05) is 29.9 Å². The molecule has 2 heterocycles. The van der Waals surface area contributed by atoms with Crippen molar-refractivity contribution in [2.24, 2.45) is 0 Å². The Bertz CT molecular complexity index is 458. The molecule has 3 rings (SSSR count). The molecule has 0 amide bonds. The summed E-state index contributed by atoms with van der Waals surface area (Å²) in [5, 5.41) is 13.8. The predicted octanol–water partition coefficient (Wildman–Crippen LogP) is 2.06. The van der Waals surface area contributed by atoms with E-state index in [-0.39, 0.29) is 0 Å². The lowest BCUT2D eigenvalue weighted by atomic mass is 9.80. The molecule has 0 spiro atoms. The number of anilines is 2. The van der Waals surface area contributed by atoms with Gasteiger partial charge in [-0.05, 0) is 32.1 Å². The van der Waals surface area contributed by atoms with Gasteiger partial charge >= 0.3 is 0 Å². The molecule has 5 nitrogen and oxygen atoms in total. The third-order valence-corrected chi connectivity index (χ3v) is 4.39. The van der Waals surface area contributed by atoms with Gasteiger partial charge in [0.2, 0.25) is 0 Å². The van der Waals surface area contributed by atoms with E-state index in [0.717, 1.165) is 38.2 Å². The molecule has 1 aromatic heterocycles. The fourth-order valence-corrected chi connectivity index (χ4v) is 2.93. The molecule has 1 saturated carbocycles. The van der Waals surface area contributed by atoms with Crippen molar-refractivity contribution in [2.45, 2.75) is 37.7 Å². The van der Waals surface area contributed by atoms with Crippen LogP contribution in [-0.4, -0.2) is 40.3 Å². The highest BCUT2D eigenvalue weighted by Crippen LogP contribution is 2.34. The molecule has 6 heteroatoms. The van der Waals surface area contributed by atoms with Gasteiger partial charge < -0.3 is 15.3 Å². The summed E-state index contributed by atoms with van der Waals surface area (Å²) < 4.78 is 0. The summed E-state index contributed by atoms with van der Waals surface area (Å²) in [5.41, 5.74) is -0.581. The van der Waals surface area contributed by atoms with Gasteiger partial charge in [-0.1, -0.05) is 11.6 Å².